The van der Waals surface area contributed by atoms with Crippen LogP contribution >= 0.6 is 0 Å². The van der Waals surface area contributed by atoms with Gasteiger partial charge in [0.15, 0.2) is 0 Å². The van der Waals surface area contributed by atoms with Crippen LogP contribution in [0.25, 0.3) is 0 Å². The zero-order valence-corrected chi connectivity index (χ0v) is 6.11. The highest BCUT2D eigenvalue weighted by molar-refractivity contribution is 5.76. The molecule has 0 amide bonds. The van der Waals surface area contributed by atoms with Crippen LogP contribution in [0.3, 0.4) is 0 Å². The first-order valence-electron chi connectivity index (χ1n) is 3.20. The lowest BCUT2D eigenvalue weighted by molar-refractivity contribution is 0.112. The molecular formula is C9H4N2O. The van der Waals surface area contributed by atoms with E-state index in [1.165, 1.54) is 18.2 Å². The zero-order chi connectivity index (χ0) is 8.97. The normalized spacial score (nSPS) is 8.17. The first-order chi connectivity index (χ1) is 5.80. The fourth-order valence-corrected chi connectivity index (χ4v) is 0.849. The highest BCUT2D eigenvalue weighted by Crippen LogP contribution is 2.06. The van der Waals surface area contributed by atoms with Crippen molar-refractivity contribution in [3.8, 4) is 12.1 Å². The molecule has 0 spiro atoms. The van der Waals surface area contributed by atoms with Gasteiger partial charge in [-0.3, -0.25) is 4.79 Å². The number of carbonyl (C=O) groups excluding carboxylic acids is 1. The van der Waals surface area contributed by atoms with E-state index >= 15 is 0 Å². The Labute approximate surface area is 69.5 Å². The lowest BCUT2D eigenvalue weighted by Gasteiger charge is -1.92. The molecule has 1 aromatic rings. The van der Waals surface area contributed by atoms with Crippen LogP contribution in [-0.2, 0) is 0 Å². The van der Waals surface area contributed by atoms with Crippen molar-refractivity contribution in [1.29, 1.82) is 10.5 Å². The maximum absolute atomic E-state index is 10.3. The van der Waals surface area contributed by atoms with Crippen molar-refractivity contribution < 1.29 is 4.79 Å². The van der Waals surface area contributed by atoms with E-state index in [4.69, 9.17) is 10.5 Å². The number of aldehydes is 1. The number of hydrogen-bond acceptors (Lipinski definition) is 3. The van der Waals surface area contributed by atoms with Gasteiger partial charge in [0.05, 0.1) is 23.3 Å². The van der Waals surface area contributed by atoms with Crippen molar-refractivity contribution in [3.63, 3.8) is 0 Å². The van der Waals surface area contributed by atoms with Crippen LogP contribution in [-0.4, -0.2) is 6.29 Å². The van der Waals surface area contributed by atoms with E-state index in [2.05, 4.69) is 0 Å². The van der Waals surface area contributed by atoms with Crippen molar-refractivity contribution in [2.24, 2.45) is 0 Å². The smallest absolute Gasteiger partial charge is 0.150 e. The molecule has 0 saturated carbocycles. The molecule has 0 aliphatic heterocycles. The van der Waals surface area contributed by atoms with Crippen molar-refractivity contribution >= 4 is 6.29 Å². The first-order valence-corrected chi connectivity index (χ1v) is 3.20. The Morgan fingerprint density at radius 2 is 1.58 bits per heavy atom. The predicted molar refractivity (Wildman–Crippen MR) is 41.3 cm³/mol. The minimum Gasteiger partial charge on any atom is -0.298 e. The molecule has 0 radical (unpaired) electrons. The van der Waals surface area contributed by atoms with Gasteiger partial charge >= 0.3 is 0 Å². The lowest BCUT2D eigenvalue weighted by Crippen LogP contribution is -1.85. The molecule has 0 aliphatic rings. The summed E-state index contributed by atoms with van der Waals surface area (Å²) in [7, 11) is 0. The average Bonchev–Trinajstić information content (AvgIpc) is 2.16. The molecule has 0 N–H and O–H groups in total. The fourth-order valence-electron chi connectivity index (χ4n) is 0.849. The molecule has 0 unspecified atom stereocenters. The molecule has 3 heteroatoms. The van der Waals surface area contributed by atoms with Crippen LogP contribution in [0.4, 0.5) is 0 Å². The topological polar surface area (TPSA) is 64.7 Å². The Balaban J connectivity index is 3.33. The maximum atomic E-state index is 10.3. The summed E-state index contributed by atoms with van der Waals surface area (Å²) >= 11 is 0. The Morgan fingerprint density at radius 1 is 1.08 bits per heavy atom. The monoisotopic (exact) mass is 156 g/mol. The van der Waals surface area contributed by atoms with Crippen LogP contribution < -0.4 is 0 Å². The van der Waals surface area contributed by atoms with E-state index in [0.29, 0.717) is 23.0 Å². The lowest BCUT2D eigenvalue weighted by atomic mass is 10.1. The molecule has 1 aromatic carbocycles. The number of benzene rings is 1. The quantitative estimate of drug-likeness (QED) is 0.574. The highest BCUT2D eigenvalue weighted by Gasteiger charge is 1.98. The van der Waals surface area contributed by atoms with Crippen molar-refractivity contribution in [3.05, 3.63) is 34.9 Å². The zero-order valence-electron chi connectivity index (χ0n) is 6.11. The molecule has 0 fully saturated rings. The number of rotatable bonds is 1. The van der Waals surface area contributed by atoms with Crippen LogP contribution in [0.5, 0.6) is 0 Å². The Bertz CT molecular complexity index is 364. The van der Waals surface area contributed by atoms with E-state index in [0.717, 1.165) is 0 Å². The van der Waals surface area contributed by atoms with E-state index in [1.807, 2.05) is 12.1 Å². The van der Waals surface area contributed by atoms with Gasteiger partial charge in [0.1, 0.15) is 6.29 Å². The summed E-state index contributed by atoms with van der Waals surface area (Å²) in [5, 5.41) is 17.0. The number of nitriles is 2. The largest absolute Gasteiger partial charge is 0.298 e. The fraction of sp³-hybridized carbons (Fsp3) is 0. The van der Waals surface area contributed by atoms with E-state index in [9.17, 15) is 4.79 Å². The molecule has 0 saturated heterocycles. The van der Waals surface area contributed by atoms with E-state index in [1.54, 1.807) is 0 Å². The minimum absolute atomic E-state index is 0.330. The summed E-state index contributed by atoms with van der Waals surface area (Å²) in [6, 6.07) is 8.05. The van der Waals surface area contributed by atoms with Gasteiger partial charge in [-0.15, -0.1) is 0 Å². The highest BCUT2D eigenvalue weighted by atomic mass is 16.1. The third kappa shape index (κ3) is 1.47. The third-order valence-electron chi connectivity index (χ3n) is 1.35. The maximum Gasteiger partial charge on any atom is 0.150 e. The van der Waals surface area contributed by atoms with Gasteiger partial charge in [-0.05, 0) is 18.2 Å². The van der Waals surface area contributed by atoms with Gasteiger partial charge in [0.25, 0.3) is 0 Å². The summed E-state index contributed by atoms with van der Waals surface area (Å²) in [4.78, 5) is 10.3. The molecule has 56 valence electrons. The Hall–Kier alpha value is -2.13. The van der Waals surface area contributed by atoms with Gasteiger partial charge < -0.3 is 0 Å². The standard InChI is InChI=1S/C9H4N2O/c10-4-7-1-8(5-11)3-9(2-7)6-12/h1-3,6H. The molecule has 0 atom stereocenters. The van der Waals surface area contributed by atoms with Crippen molar-refractivity contribution in [2.45, 2.75) is 0 Å². The van der Waals surface area contributed by atoms with Crippen molar-refractivity contribution in [1.82, 2.24) is 0 Å². The first kappa shape index (κ1) is 7.97. The molecule has 12 heavy (non-hydrogen) atoms. The van der Waals surface area contributed by atoms with E-state index in [-0.39, 0.29) is 0 Å². The van der Waals surface area contributed by atoms with Gasteiger partial charge in [-0.25, -0.2) is 0 Å². The van der Waals surface area contributed by atoms with Crippen molar-refractivity contribution in [2.75, 3.05) is 0 Å². The minimum atomic E-state index is 0.330. The molecule has 0 heterocycles. The van der Waals surface area contributed by atoms with Crippen LogP contribution in [0.1, 0.15) is 21.5 Å². The molecule has 3 nitrogen and oxygen atoms in total. The molecule has 0 aromatic heterocycles. The van der Waals surface area contributed by atoms with Crippen LogP contribution in [0.15, 0.2) is 18.2 Å². The second-order valence-electron chi connectivity index (χ2n) is 2.19. The van der Waals surface area contributed by atoms with Gasteiger partial charge in [0, 0.05) is 5.56 Å². The summed E-state index contributed by atoms with van der Waals surface area (Å²) in [5.74, 6) is 0. The molecular weight excluding hydrogens is 152 g/mol. The number of nitrogens with zero attached hydrogens (tertiary/aromatic N) is 2. The average molecular weight is 156 g/mol. The number of carbonyl (C=O) groups is 1. The van der Waals surface area contributed by atoms with E-state index < -0.39 is 0 Å². The SMILES string of the molecule is N#Cc1cc(C#N)cc(C=O)c1. The van der Waals surface area contributed by atoms with Gasteiger partial charge in [-0.2, -0.15) is 10.5 Å². The predicted octanol–water partition coefficient (Wildman–Crippen LogP) is 1.24. The second-order valence-corrected chi connectivity index (χ2v) is 2.19. The third-order valence-corrected chi connectivity index (χ3v) is 1.35. The molecule has 0 bridgehead atoms. The number of hydrogen-bond donors (Lipinski definition) is 0. The molecule has 1 rings (SSSR count). The van der Waals surface area contributed by atoms with Gasteiger partial charge in [0.2, 0.25) is 0 Å². The molecule has 0 aliphatic carbocycles. The second kappa shape index (κ2) is 3.32. The van der Waals surface area contributed by atoms with Crippen LogP contribution in [0.2, 0.25) is 0 Å². The Morgan fingerprint density at radius 3 is 1.92 bits per heavy atom. The van der Waals surface area contributed by atoms with Gasteiger partial charge in [-0.1, -0.05) is 0 Å². The summed E-state index contributed by atoms with van der Waals surface area (Å²) in [6.07, 6.45) is 0.613. The van der Waals surface area contributed by atoms with Crippen LogP contribution in [0, 0.1) is 22.7 Å². The summed E-state index contributed by atoms with van der Waals surface area (Å²) in [6.45, 7) is 0. The summed E-state index contributed by atoms with van der Waals surface area (Å²) in [5.41, 5.74) is 1.01. The summed E-state index contributed by atoms with van der Waals surface area (Å²) < 4.78 is 0. The Kier molecular flexibility index (Phi) is 2.20.